The number of nitrogens with zero attached hydrogens (tertiary/aromatic N) is 4. The second-order valence-corrected chi connectivity index (χ2v) is 11.5. The first-order valence-electron chi connectivity index (χ1n) is 11.3. The minimum absolute atomic E-state index is 0.0486. The van der Waals surface area contributed by atoms with Gasteiger partial charge in [0.2, 0.25) is 11.8 Å². The van der Waals surface area contributed by atoms with Gasteiger partial charge in [-0.3, -0.25) is 19.4 Å². The first-order valence-corrected chi connectivity index (χ1v) is 13.8. The summed E-state index contributed by atoms with van der Waals surface area (Å²) < 4.78 is 0. The highest BCUT2D eigenvalue weighted by molar-refractivity contribution is 8.76. The first kappa shape index (κ1) is 22.7. The quantitative estimate of drug-likeness (QED) is 0.358. The molecule has 0 bridgehead atoms. The van der Waals surface area contributed by atoms with Gasteiger partial charge in [-0.15, -0.1) is 0 Å². The van der Waals surface area contributed by atoms with E-state index in [1.54, 1.807) is 21.6 Å². The van der Waals surface area contributed by atoms with Crippen LogP contribution in [-0.4, -0.2) is 119 Å². The second kappa shape index (κ2) is 10.4. The molecular weight excluding hydrogens is 420 g/mol. The smallest absolute Gasteiger partial charge is 0.240 e. The third-order valence-corrected chi connectivity index (χ3v) is 9.06. The van der Waals surface area contributed by atoms with E-state index < -0.39 is 12.1 Å². The number of carbonyl (C=O) groups is 2. The standard InChI is InChI=1S/C20H36N6O2S2/c21-17(19(27)25-9-5-23(6-10-25)15-1-2-15)13-29-30-14-18(22)20(28)26-11-7-24(8-12-26)16-3-4-16/h15-18H,1-14,21-22H2. The summed E-state index contributed by atoms with van der Waals surface area (Å²) in [6, 6.07) is 0.545. The van der Waals surface area contributed by atoms with E-state index in [1.165, 1.54) is 25.7 Å². The van der Waals surface area contributed by atoms with Crippen LogP contribution in [0, 0.1) is 0 Å². The molecule has 0 aromatic carbocycles. The van der Waals surface area contributed by atoms with Crippen LogP contribution in [0.2, 0.25) is 0 Å². The van der Waals surface area contributed by atoms with Crippen LogP contribution in [-0.2, 0) is 9.59 Å². The lowest BCUT2D eigenvalue weighted by Crippen LogP contribution is -2.54. The lowest BCUT2D eigenvalue weighted by molar-refractivity contribution is -0.134. The van der Waals surface area contributed by atoms with Crippen LogP contribution in [0.1, 0.15) is 25.7 Å². The Morgan fingerprint density at radius 2 is 1.00 bits per heavy atom. The zero-order valence-electron chi connectivity index (χ0n) is 17.8. The van der Waals surface area contributed by atoms with Gasteiger partial charge in [0.1, 0.15) is 0 Å². The second-order valence-electron chi connectivity index (χ2n) is 8.97. The number of piperazine rings is 2. The minimum atomic E-state index is -0.489. The number of hydrogen-bond acceptors (Lipinski definition) is 8. The lowest BCUT2D eigenvalue weighted by Gasteiger charge is -2.36. The molecule has 10 heteroatoms. The van der Waals surface area contributed by atoms with Crippen LogP contribution in [0.4, 0.5) is 0 Å². The van der Waals surface area contributed by atoms with Gasteiger partial charge in [0, 0.05) is 75.9 Å². The summed E-state index contributed by atoms with van der Waals surface area (Å²) in [5.74, 6) is 1.19. The molecule has 4 N–H and O–H groups in total. The van der Waals surface area contributed by atoms with Gasteiger partial charge in [0.25, 0.3) is 0 Å². The summed E-state index contributed by atoms with van der Waals surface area (Å²) in [5.41, 5.74) is 12.3. The largest absolute Gasteiger partial charge is 0.339 e. The molecule has 2 heterocycles. The molecule has 2 unspecified atom stereocenters. The number of hydrogen-bond donors (Lipinski definition) is 2. The molecule has 4 aliphatic rings. The molecule has 170 valence electrons. The van der Waals surface area contributed by atoms with Crippen molar-refractivity contribution in [2.75, 3.05) is 63.9 Å². The Morgan fingerprint density at radius 3 is 1.30 bits per heavy atom. The molecule has 4 fully saturated rings. The van der Waals surface area contributed by atoms with Crippen molar-refractivity contribution in [1.82, 2.24) is 19.6 Å². The van der Waals surface area contributed by atoms with Crippen LogP contribution < -0.4 is 11.5 Å². The molecule has 2 saturated carbocycles. The zero-order chi connectivity index (χ0) is 21.1. The predicted molar refractivity (Wildman–Crippen MR) is 123 cm³/mol. The van der Waals surface area contributed by atoms with Crippen molar-refractivity contribution in [3.05, 3.63) is 0 Å². The molecule has 0 aromatic rings. The van der Waals surface area contributed by atoms with Crippen molar-refractivity contribution in [2.45, 2.75) is 49.9 Å². The van der Waals surface area contributed by atoms with Crippen LogP contribution in [0.15, 0.2) is 0 Å². The number of rotatable bonds is 9. The van der Waals surface area contributed by atoms with Crippen LogP contribution in [0.25, 0.3) is 0 Å². The van der Waals surface area contributed by atoms with Gasteiger partial charge in [-0.1, -0.05) is 21.6 Å². The molecule has 8 nitrogen and oxygen atoms in total. The third kappa shape index (κ3) is 6.04. The molecule has 0 spiro atoms. The summed E-state index contributed by atoms with van der Waals surface area (Å²) in [6.45, 7) is 7.02. The fraction of sp³-hybridized carbons (Fsp3) is 0.900. The average Bonchev–Trinajstić information content (AvgIpc) is 3.68. The zero-order valence-corrected chi connectivity index (χ0v) is 19.4. The summed E-state index contributed by atoms with van der Waals surface area (Å²) in [4.78, 5) is 34.0. The van der Waals surface area contributed by atoms with Gasteiger partial charge in [-0.05, 0) is 25.7 Å². The van der Waals surface area contributed by atoms with Crippen molar-refractivity contribution >= 4 is 33.4 Å². The Morgan fingerprint density at radius 1 is 0.667 bits per heavy atom. The Balaban J connectivity index is 1.08. The van der Waals surface area contributed by atoms with Crippen molar-refractivity contribution in [1.29, 1.82) is 0 Å². The Bertz CT molecular complexity index is 550. The minimum Gasteiger partial charge on any atom is -0.339 e. The fourth-order valence-corrected chi connectivity index (χ4v) is 6.58. The summed E-state index contributed by atoms with van der Waals surface area (Å²) in [5, 5.41) is 0. The van der Waals surface area contributed by atoms with E-state index in [0.717, 1.165) is 64.4 Å². The highest BCUT2D eigenvalue weighted by atomic mass is 33.1. The van der Waals surface area contributed by atoms with E-state index in [-0.39, 0.29) is 11.8 Å². The summed E-state index contributed by atoms with van der Waals surface area (Å²) in [7, 11) is 3.10. The SMILES string of the molecule is NC(CSSCC(N)C(=O)N1CCN(C2CC2)CC1)C(=O)N1CCN(C2CC2)CC1. The molecule has 2 saturated heterocycles. The van der Waals surface area contributed by atoms with Gasteiger partial charge in [0.15, 0.2) is 0 Å². The molecular formula is C20H36N6O2S2. The monoisotopic (exact) mass is 456 g/mol. The normalized spacial score (nSPS) is 25.9. The molecule has 2 aliphatic carbocycles. The van der Waals surface area contributed by atoms with Crippen LogP contribution in [0.3, 0.4) is 0 Å². The van der Waals surface area contributed by atoms with Gasteiger partial charge in [-0.25, -0.2) is 0 Å². The fourth-order valence-electron chi connectivity index (χ4n) is 4.35. The third-order valence-electron chi connectivity index (χ3n) is 6.59. The maximum Gasteiger partial charge on any atom is 0.240 e. The summed E-state index contributed by atoms with van der Waals surface area (Å²) in [6.07, 6.45) is 5.23. The highest BCUT2D eigenvalue weighted by Gasteiger charge is 2.34. The van der Waals surface area contributed by atoms with Gasteiger partial charge in [-0.2, -0.15) is 0 Å². The van der Waals surface area contributed by atoms with Gasteiger partial charge in [0.05, 0.1) is 12.1 Å². The molecule has 2 aliphatic heterocycles. The number of nitrogens with two attached hydrogens (primary N) is 2. The predicted octanol–water partition coefficient (Wildman–Crippen LogP) is -0.364. The van der Waals surface area contributed by atoms with E-state index in [0.29, 0.717) is 11.5 Å². The summed E-state index contributed by atoms with van der Waals surface area (Å²) >= 11 is 0. The van der Waals surface area contributed by atoms with Crippen molar-refractivity contribution < 1.29 is 9.59 Å². The van der Waals surface area contributed by atoms with Crippen molar-refractivity contribution in [3.8, 4) is 0 Å². The Labute approximate surface area is 187 Å². The number of carbonyl (C=O) groups excluding carboxylic acids is 2. The van der Waals surface area contributed by atoms with E-state index in [1.807, 2.05) is 9.80 Å². The van der Waals surface area contributed by atoms with Crippen LogP contribution >= 0.6 is 21.6 Å². The molecule has 2 amide bonds. The van der Waals surface area contributed by atoms with Crippen LogP contribution in [0.5, 0.6) is 0 Å². The maximum atomic E-state index is 12.6. The number of amides is 2. The lowest BCUT2D eigenvalue weighted by atomic mass is 10.2. The average molecular weight is 457 g/mol. The highest BCUT2D eigenvalue weighted by Crippen LogP contribution is 2.29. The van der Waals surface area contributed by atoms with E-state index in [4.69, 9.17) is 11.5 Å². The molecule has 0 radical (unpaired) electrons. The maximum absolute atomic E-state index is 12.6. The Kier molecular flexibility index (Phi) is 7.86. The van der Waals surface area contributed by atoms with Crippen molar-refractivity contribution in [3.63, 3.8) is 0 Å². The van der Waals surface area contributed by atoms with E-state index in [2.05, 4.69) is 9.80 Å². The molecule has 30 heavy (non-hydrogen) atoms. The molecule has 4 rings (SSSR count). The first-order chi connectivity index (χ1) is 14.5. The van der Waals surface area contributed by atoms with E-state index >= 15 is 0 Å². The van der Waals surface area contributed by atoms with Gasteiger partial charge < -0.3 is 21.3 Å². The van der Waals surface area contributed by atoms with E-state index in [9.17, 15) is 9.59 Å². The molecule has 0 aromatic heterocycles. The Hall–Kier alpha value is -0.520. The molecule has 2 atom stereocenters. The van der Waals surface area contributed by atoms with Crippen molar-refractivity contribution in [2.24, 2.45) is 11.5 Å². The van der Waals surface area contributed by atoms with Gasteiger partial charge >= 0.3 is 0 Å². The topological polar surface area (TPSA) is 99.1 Å².